The third kappa shape index (κ3) is 6.17. The van der Waals surface area contributed by atoms with Crippen molar-refractivity contribution in [3.63, 3.8) is 0 Å². The van der Waals surface area contributed by atoms with E-state index in [1.807, 2.05) is 0 Å². The number of nitrogens with one attached hydrogen (secondary N) is 1. The molecule has 0 radical (unpaired) electrons. The lowest BCUT2D eigenvalue weighted by atomic mass is 10.1. The lowest BCUT2D eigenvalue weighted by Gasteiger charge is -2.39. The fourth-order valence-electron chi connectivity index (χ4n) is 2.63. The lowest BCUT2D eigenvalue weighted by Crippen LogP contribution is -2.51. The molecule has 0 spiro atoms. The molecule has 1 rings (SSSR count). The minimum Gasteiger partial charge on any atom is -0.316 e. The monoisotopic (exact) mass is 255 g/mol. The van der Waals surface area contributed by atoms with Gasteiger partial charge in [-0.3, -0.25) is 0 Å². The van der Waals surface area contributed by atoms with Crippen LogP contribution in [0.15, 0.2) is 0 Å². The van der Waals surface area contributed by atoms with Crippen molar-refractivity contribution in [1.29, 1.82) is 0 Å². The van der Waals surface area contributed by atoms with E-state index >= 15 is 0 Å². The van der Waals surface area contributed by atoms with E-state index in [2.05, 4.69) is 42.9 Å². The molecule has 0 bridgehead atoms. The Morgan fingerprint density at radius 3 is 2.67 bits per heavy atom. The Kier molecular flexibility index (Phi) is 7.87. The molecule has 18 heavy (non-hydrogen) atoms. The van der Waals surface area contributed by atoms with Crippen LogP contribution in [0.2, 0.25) is 0 Å². The van der Waals surface area contributed by atoms with Gasteiger partial charge in [0.15, 0.2) is 0 Å². The summed E-state index contributed by atoms with van der Waals surface area (Å²) in [6, 6.07) is 0.776. The van der Waals surface area contributed by atoms with E-state index in [1.54, 1.807) is 0 Å². The molecule has 108 valence electrons. The maximum atomic E-state index is 3.52. The van der Waals surface area contributed by atoms with Gasteiger partial charge in [-0.1, -0.05) is 20.8 Å². The molecule has 1 fully saturated rings. The van der Waals surface area contributed by atoms with Crippen LogP contribution < -0.4 is 5.32 Å². The zero-order valence-electron chi connectivity index (χ0n) is 12.9. The summed E-state index contributed by atoms with van der Waals surface area (Å²) in [5.41, 5.74) is 0. The molecule has 3 heteroatoms. The van der Waals surface area contributed by atoms with E-state index in [1.165, 1.54) is 52.0 Å². The van der Waals surface area contributed by atoms with Gasteiger partial charge in [-0.05, 0) is 51.9 Å². The molecular weight excluding hydrogens is 222 g/mol. The van der Waals surface area contributed by atoms with E-state index in [-0.39, 0.29) is 0 Å². The van der Waals surface area contributed by atoms with Crippen LogP contribution in [0.3, 0.4) is 0 Å². The number of piperazine rings is 1. The van der Waals surface area contributed by atoms with Gasteiger partial charge in [-0.15, -0.1) is 0 Å². The lowest BCUT2D eigenvalue weighted by molar-refractivity contribution is 0.0921. The van der Waals surface area contributed by atoms with E-state index in [0.717, 1.165) is 18.5 Å². The molecule has 1 N–H and O–H groups in total. The van der Waals surface area contributed by atoms with Gasteiger partial charge in [0.05, 0.1) is 0 Å². The minimum atomic E-state index is 0.771. The van der Waals surface area contributed by atoms with E-state index < -0.39 is 0 Å². The van der Waals surface area contributed by atoms with Crippen molar-refractivity contribution in [3.05, 3.63) is 0 Å². The van der Waals surface area contributed by atoms with Crippen molar-refractivity contribution in [3.8, 4) is 0 Å². The number of rotatable bonds is 8. The Morgan fingerprint density at radius 2 is 2.00 bits per heavy atom. The molecule has 1 aliphatic heterocycles. The zero-order chi connectivity index (χ0) is 13.4. The van der Waals surface area contributed by atoms with Crippen LogP contribution in [0.1, 0.15) is 40.0 Å². The maximum Gasteiger partial charge on any atom is 0.0218 e. The average Bonchev–Trinajstić information content (AvgIpc) is 2.35. The molecule has 3 nitrogen and oxygen atoms in total. The zero-order valence-corrected chi connectivity index (χ0v) is 12.9. The highest BCUT2D eigenvalue weighted by Crippen LogP contribution is 2.11. The van der Waals surface area contributed by atoms with E-state index in [4.69, 9.17) is 0 Å². The molecular formula is C15H33N3. The third-order valence-electron chi connectivity index (χ3n) is 3.96. The summed E-state index contributed by atoms with van der Waals surface area (Å²) in [7, 11) is 2.27. The highest BCUT2D eigenvalue weighted by Gasteiger charge is 2.21. The summed E-state index contributed by atoms with van der Waals surface area (Å²) in [5, 5.41) is 3.52. The standard InChI is InChI=1S/C15H33N3/c1-5-15-13-18(11-10-17(15)4)9-7-6-8-16-12-14(2)3/h14-16H,5-13H2,1-4H3. The van der Waals surface area contributed by atoms with Gasteiger partial charge >= 0.3 is 0 Å². The van der Waals surface area contributed by atoms with Gasteiger partial charge in [0, 0.05) is 25.7 Å². The molecule has 1 heterocycles. The molecule has 0 amide bonds. The summed E-state index contributed by atoms with van der Waals surface area (Å²) in [6.45, 7) is 14.2. The first-order valence-electron chi connectivity index (χ1n) is 7.76. The van der Waals surface area contributed by atoms with Crippen molar-refractivity contribution in [2.45, 2.75) is 46.1 Å². The van der Waals surface area contributed by atoms with Crippen molar-refractivity contribution < 1.29 is 0 Å². The van der Waals surface area contributed by atoms with Crippen LogP contribution in [0.4, 0.5) is 0 Å². The van der Waals surface area contributed by atoms with Crippen LogP contribution >= 0.6 is 0 Å². The molecule has 1 aliphatic rings. The molecule has 0 saturated carbocycles. The minimum absolute atomic E-state index is 0.771. The largest absolute Gasteiger partial charge is 0.316 e. The summed E-state index contributed by atoms with van der Waals surface area (Å²) in [4.78, 5) is 5.16. The van der Waals surface area contributed by atoms with Gasteiger partial charge in [0.1, 0.15) is 0 Å². The summed E-state index contributed by atoms with van der Waals surface area (Å²) in [5.74, 6) is 0.771. The van der Waals surface area contributed by atoms with Crippen LogP contribution in [0.5, 0.6) is 0 Å². The highest BCUT2D eigenvalue weighted by molar-refractivity contribution is 4.78. The number of hydrogen-bond donors (Lipinski definition) is 1. The van der Waals surface area contributed by atoms with Crippen molar-refractivity contribution in [2.24, 2.45) is 5.92 Å². The van der Waals surface area contributed by atoms with Gasteiger partial charge in [-0.2, -0.15) is 0 Å². The Labute approximate surface area is 114 Å². The summed E-state index contributed by atoms with van der Waals surface area (Å²) >= 11 is 0. The summed E-state index contributed by atoms with van der Waals surface area (Å²) in [6.07, 6.45) is 3.93. The quantitative estimate of drug-likeness (QED) is 0.670. The SMILES string of the molecule is CCC1CN(CCCCNCC(C)C)CCN1C. The van der Waals surface area contributed by atoms with Gasteiger partial charge in [0.2, 0.25) is 0 Å². The van der Waals surface area contributed by atoms with Crippen molar-refractivity contribution in [2.75, 3.05) is 46.3 Å². The van der Waals surface area contributed by atoms with Crippen molar-refractivity contribution >= 4 is 0 Å². The molecule has 1 saturated heterocycles. The maximum absolute atomic E-state index is 3.52. The molecule has 0 aromatic heterocycles. The first-order chi connectivity index (χ1) is 8.63. The second-order valence-corrected chi connectivity index (χ2v) is 6.15. The number of hydrogen-bond acceptors (Lipinski definition) is 3. The Bertz CT molecular complexity index is 206. The Morgan fingerprint density at radius 1 is 1.22 bits per heavy atom. The fraction of sp³-hybridized carbons (Fsp3) is 1.00. The first-order valence-corrected chi connectivity index (χ1v) is 7.76. The molecule has 1 atom stereocenters. The van der Waals surface area contributed by atoms with Crippen molar-refractivity contribution in [1.82, 2.24) is 15.1 Å². The predicted octanol–water partition coefficient (Wildman–Crippen LogP) is 2.04. The number of likely N-dealkylation sites (N-methyl/N-ethyl adjacent to an activating group) is 1. The second-order valence-electron chi connectivity index (χ2n) is 6.15. The molecule has 0 aromatic carbocycles. The normalized spacial score (nSPS) is 22.8. The molecule has 0 aliphatic carbocycles. The van der Waals surface area contributed by atoms with Crippen LogP contribution in [-0.4, -0.2) is 62.2 Å². The topological polar surface area (TPSA) is 18.5 Å². The van der Waals surface area contributed by atoms with Gasteiger partial charge in [0.25, 0.3) is 0 Å². The fourth-order valence-corrected chi connectivity index (χ4v) is 2.63. The van der Waals surface area contributed by atoms with Crippen LogP contribution in [0, 0.1) is 5.92 Å². The predicted molar refractivity (Wildman–Crippen MR) is 80.1 cm³/mol. The average molecular weight is 255 g/mol. The Hall–Kier alpha value is -0.120. The number of unbranched alkanes of at least 4 members (excludes halogenated alkanes) is 1. The van der Waals surface area contributed by atoms with E-state index in [0.29, 0.717) is 0 Å². The van der Waals surface area contributed by atoms with Gasteiger partial charge < -0.3 is 15.1 Å². The molecule has 1 unspecified atom stereocenters. The smallest absolute Gasteiger partial charge is 0.0218 e. The number of nitrogens with zero attached hydrogens (tertiary/aromatic N) is 2. The third-order valence-corrected chi connectivity index (χ3v) is 3.96. The Balaban J connectivity index is 2.02. The molecule has 0 aromatic rings. The summed E-state index contributed by atoms with van der Waals surface area (Å²) < 4.78 is 0. The first kappa shape index (κ1) is 15.9. The van der Waals surface area contributed by atoms with Gasteiger partial charge in [-0.25, -0.2) is 0 Å². The van der Waals surface area contributed by atoms with Crippen LogP contribution in [0.25, 0.3) is 0 Å². The highest BCUT2D eigenvalue weighted by atomic mass is 15.3. The second kappa shape index (κ2) is 8.89. The van der Waals surface area contributed by atoms with Crippen LogP contribution in [-0.2, 0) is 0 Å². The van der Waals surface area contributed by atoms with E-state index in [9.17, 15) is 0 Å².